The summed E-state index contributed by atoms with van der Waals surface area (Å²) in [6, 6.07) is 13.4. The fourth-order valence-corrected chi connectivity index (χ4v) is 2.47. The Morgan fingerprint density at radius 2 is 1.96 bits per heavy atom. The first-order valence-electron chi connectivity index (χ1n) is 7.56. The number of carbonyl (C=O) groups is 1. The highest BCUT2D eigenvalue weighted by Gasteiger charge is 2.20. The molecule has 6 nitrogen and oxygen atoms in total. The predicted molar refractivity (Wildman–Crippen MR) is 91.0 cm³/mol. The van der Waals surface area contributed by atoms with Gasteiger partial charge < -0.3 is 9.64 Å². The molecule has 1 amide bonds. The predicted octanol–water partition coefficient (Wildman–Crippen LogP) is 3.37. The van der Waals surface area contributed by atoms with Crippen molar-refractivity contribution < 1.29 is 14.5 Å². The normalized spacial score (nSPS) is 11.6. The summed E-state index contributed by atoms with van der Waals surface area (Å²) in [7, 11) is 3.26. The Labute approximate surface area is 140 Å². The third-order valence-electron chi connectivity index (χ3n) is 4.07. The molecule has 2 rings (SSSR count). The smallest absolute Gasteiger partial charge is 0.269 e. The molecule has 0 saturated heterocycles. The Morgan fingerprint density at radius 3 is 2.62 bits per heavy atom. The second-order valence-electron chi connectivity index (χ2n) is 5.52. The maximum absolute atomic E-state index is 12.6. The Bertz CT molecular complexity index is 745. The summed E-state index contributed by atoms with van der Waals surface area (Å²) in [6.07, 6.45) is 0.208. The van der Waals surface area contributed by atoms with Crippen molar-refractivity contribution in [3.05, 3.63) is 69.8 Å². The van der Waals surface area contributed by atoms with Gasteiger partial charge in [-0.05, 0) is 18.6 Å². The summed E-state index contributed by atoms with van der Waals surface area (Å²) in [5.41, 5.74) is 1.55. The Hall–Kier alpha value is -2.89. The number of non-ortho nitro benzene ring substituents is 1. The van der Waals surface area contributed by atoms with Crippen molar-refractivity contribution in [1.29, 1.82) is 0 Å². The van der Waals surface area contributed by atoms with Crippen LogP contribution in [0.2, 0.25) is 0 Å². The monoisotopic (exact) mass is 328 g/mol. The largest absolute Gasteiger partial charge is 0.496 e. The SMILES string of the molecule is COc1ccccc1CC(=O)N(C)C(C)c1cccc([N+](=O)[O-])c1. The lowest BCUT2D eigenvalue weighted by atomic mass is 10.0. The lowest BCUT2D eigenvalue weighted by molar-refractivity contribution is -0.384. The number of likely N-dealkylation sites (N-methyl/N-ethyl adjacent to an activating group) is 1. The number of hydrogen-bond donors (Lipinski definition) is 0. The summed E-state index contributed by atoms with van der Waals surface area (Å²) >= 11 is 0. The van der Waals surface area contributed by atoms with Crippen LogP contribution in [-0.2, 0) is 11.2 Å². The van der Waals surface area contributed by atoms with E-state index < -0.39 is 4.92 Å². The molecule has 0 fully saturated rings. The van der Waals surface area contributed by atoms with Gasteiger partial charge in [-0.1, -0.05) is 30.3 Å². The van der Waals surface area contributed by atoms with E-state index in [9.17, 15) is 14.9 Å². The van der Waals surface area contributed by atoms with E-state index in [2.05, 4.69) is 0 Å². The van der Waals surface area contributed by atoms with Crippen LogP contribution in [0.15, 0.2) is 48.5 Å². The van der Waals surface area contributed by atoms with E-state index >= 15 is 0 Å². The number of para-hydroxylation sites is 1. The van der Waals surface area contributed by atoms with E-state index in [4.69, 9.17) is 4.74 Å². The number of nitrogens with zero attached hydrogens (tertiary/aromatic N) is 2. The number of methoxy groups -OCH3 is 1. The van der Waals surface area contributed by atoms with Crippen LogP contribution in [0.1, 0.15) is 24.1 Å². The molecule has 0 aromatic heterocycles. The number of benzene rings is 2. The standard InChI is InChI=1S/C18H20N2O4/c1-13(14-8-6-9-16(11-14)20(22)23)19(2)18(21)12-15-7-4-5-10-17(15)24-3/h4-11,13H,12H2,1-3H3. The highest BCUT2D eigenvalue weighted by molar-refractivity contribution is 5.79. The van der Waals surface area contributed by atoms with Gasteiger partial charge in [0, 0.05) is 24.7 Å². The van der Waals surface area contributed by atoms with Crippen LogP contribution < -0.4 is 4.74 Å². The number of ether oxygens (including phenoxy) is 1. The number of amides is 1. The van der Waals surface area contributed by atoms with Crippen LogP contribution in [0.4, 0.5) is 5.69 Å². The molecule has 1 unspecified atom stereocenters. The van der Waals surface area contributed by atoms with Crippen molar-refractivity contribution in [1.82, 2.24) is 4.90 Å². The van der Waals surface area contributed by atoms with E-state index in [1.165, 1.54) is 12.1 Å². The second-order valence-corrected chi connectivity index (χ2v) is 5.52. The maximum Gasteiger partial charge on any atom is 0.269 e. The molecule has 6 heteroatoms. The number of nitro groups is 1. The number of carbonyl (C=O) groups excluding carboxylic acids is 1. The number of nitro benzene ring substituents is 1. The molecule has 0 saturated carbocycles. The first-order valence-corrected chi connectivity index (χ1v) is 7.56. The molecule has 24 heavy (non-hydrogen) atoms. The third-order valence-corrected chi connectivity index (χ3v) is 4.07. The summed E-state index contributed by atoms with van der Waals surface area (Å²) in [4.78, 5) is 24.6. The van der Waals surface area contributed by atoms with Gasteiger partial charge in [-0.15, -0.1) is 0 Å². The molecule has 0 radical (unpaired) electrons. The highest BCUT2D eigenvalue weighted by atomic mass is 16.6. The summed E-state index contributed by atoms with van der Waals surface area (Å²) < 4.78 is 5.27. The van der Waals surface area contributed by atoms with Crippen LogP contribution >= 0.6 is 0 Å². The molecule has 2 aromatic rings. The zero-order valence-electron chi connectivity index (χ0n) is 13.9. The van der Waals surface area contributed by atoms with E-state index in [1.54, 1.807) is 31.2 Å². The molecule has 0 bridgehead atoms. The topological polar surface area (TPSA) is 72.7 Å². The highest BCUT2D eigenvalue weighted by Crippen LogP contribution is 2.25. The molecule has 2 aromatic carbocycles. The zero-order valence-corrected chi connectivity index (χ0v) is 13.9. The molecular weight excluding hydrogens is 308 g/mol. The van der Waals surface area contributed by atoms with E-state index in [-0.39, 0.29) is 24.1 Å². The molecule has 0 aliphatic rings. The van der Waals surface area contributed by atoms with Gasteiger partial charge in [-0.2, -0.15) is 0 Å². The lowest BCUT2D eigenvalue weighted by Crippen LogP contribution is -2.31. The summed E-state index contributed by atoms with van der Waals surface area (Å²) in [5, 5.41) is 10.9. The molecule has 0 N–H and O–H groups in total. The van der Waals surface area contributed by atoms with E-state index in [0.29, 0.717) is 5.75 Å². The van der Waals surface area contributed by atoms with Gasteiger partial charge in [0.1, 0.15) is 5.75 Å². The molecule has 0 aliphatic heterocycles. The van der Waals surface area contributed by atoms with Crippen molar-refractivity contribution in [2.75, 3.05) is 14.2 Å². The second kappa shape index (κ2) is 7.59. The van der Waals surface area contributed by atoms with Crippen molar-refractivity contribution in [2.45, 2.75) is 19.4 Å². The van der Waals surface area contributed by atoms with Crippen molar-refractivity contribution in [3.8, 4) is 5.75 Å². The van der Waals surface area contributed by atoms with Gasteiger partial charge in [0.15, 0.2) is 0 Å². The van der Waals surface area contributed by atoms with Gasteiger partial charge in [0.2, 0.25) is 5.91 Å². The zero-order chi connectivity index (χ0) is 17.7. The Kier molecular flexibility index (Phi) is 5.52. The fourth-order valence-electron chi connectivity index (χ4n) is 2.47. The molecular formula is C18H20N2O4. The third kappa shape index (κ3) is 3.90. The van der Waals surface area contributed by atoms with Gasteiger partial charge in [-0.3, -0.25) is 14.9 Å². The first kappa shape index (κ1) is 17.5. The van der Waals surface area contributed by atoms with E-state index in [1.807, 2.05) is 31.2 Å². The molecule has 126 valence electrons. The van der Waals surface area contributed by atoms with Crippen molar-refractivity contribution in [2.24, 2.45) is 0 Å². The maximum atomic E-state index is 12.6. The minimum atomic E-state index is -0.438. The first-order chi connectivity index (χ1) is 11.4. The molecule has 0 spiro atoms. The average Bonchev–Trinajstić information content (AvgIpc) is 2.60. The van der Waals surface area contributed by atoms with Gasteiger partial charge in [0.05, 0.1) is 24.5 Å². The van der Waals surface area contributed by atoms with Crippen molar-refractivity contribution in [3.63, 3.8) is 0 Å². The van der Waals surface area contributed by atoms with Crippen LogP contribution in [0.3, 0.4) is 0 Å². The minimum absolute atomic E-state index is 0.0185. The minimum Gasteiger partial charge on any atom is -0.496 e. The molecule has 1 atom stereocenters. The van der Waals surface area contributed by atoms with Crippen LogP contribution in [0.5, 0.6) is 5.75 Å². The van der Waals surface area contributed by atoms with Crippen LogP contribution in [0.25, 0.3) is 0 Å². The van der Waals surface area contributed by atoms with E-state index in [0.717, 1.165) is 11.1 Å². The van der Waals surface area contributed by atoms with Crippen molar-refractivity contribution >= 4 is 11.6 Å². The van der Waals surface area contributed by atoms with Gasteiger partial charge >= 0.3 is 0 Å². The summed E-state index contributed by atoms with van der Waals surface area (Å²) in [6.45, 7) is 1.85. The lowest BCUT2D eigenvalue weighted by Gasteiger charge is -2.25. The van der Waals surface area contributed by atoms with Gasteiger partial charge in [-0.25, -0.2) is 0 Å². The van der Waals surface area contributed by atoms with Crippen LogP contribution in [-0.4, -0.2) is 29.9 Å². The quantitative estimate of drug-likeness (QED) is 0.602. The number of rotatable bonds is 6. The van der Waals surface area contributed by atoms with Gasteiger partial charge in [0.25, 0.3) is 5.69 Å². The molecule has 0 heterocycles. The van der Waals surface area contributed by atoms with Crippen LogP contribution in [0, 0.1) is 10.1 Å². The average molecular weight is 328 g/mol. The fraction of sp³-hybridized carbons (Fsp3) is 0.278. The Morgan fingerprint density at radius 1 is 1.25 bits per heavy atom. The summed E-state index contributed by atoms with van der Waals surface area (Å²) in [5.74, 6) is 0.584. The Balaban J connectivity index is 2.15. The number of hydrogen-bond acceptors (Lipinski definition) is 4. The molecule has 0 aliphatic carbocycles.